The number of carboxylic acid groups (broad SMARTS) is 1. The Hall–Kier alpha value is -2.49. The molecule has 0 amide bonds. The van der Waals surface area contributed by atoms with Gasteiger partial charge in [-0.2, -0.15) is 0 Å². The van der Waals surface area contributed by atoms with Crippen LogP contribution in [0.4, 0.5) is 5.69 Å². The van der Waals surface area contributed by atoms with Crippen LogP contribution in [0.25, 0.3) is 0 Å². The number of carbonyl (C=O) groups is 2. The molecular formula is C18H28N3O8P. The summed E-state index contributed by atoms with van der Waals surface area (Å²) in [6.45, 7) is 6.84. The van der Waals surface area contributed by atoms with Crippen molar-refractivity contribution in [1.29, 1.82) is 0 Å². The van der Waals surface area contributed by atoms with Crippen molar-refractivity contribution in [2.24, 2.45) is 5.92 Å². The number of non-ortho nitro benzene ring substituents is 1. The van der Waals surface area contributed by atoms with E-state index in [9.17, 15) is 24.3 Å². The van der Waals surface area contributed by atoms with E-state index in [0.717, 1.165) is 25.0 Å². The van der Waals surface area contributed by atoms with Gasteiger partial charge in [-0.15, -0.1) is 0 Å². The van der Waals surface area contributed by atoms with Crippen LogP contribution in [0.15, 0.2) is 24.3 Å². The normalized spacial score (nSPS) is 15.1. The van der Waals surface area contributed by atoms with Crippen LogP contribution in [0.2, 0.25) is 0 Å². The first-order valence-corrected chi connectivity index (χ1v) is 11.1. The standard InChI is InChI=1S/C18H28N3O8P/c1-5-14(6-2)11-28-18(24)13(4)20-30(27,19-12(3)17(22)23)29-16-9-7-15(8-10-16)21(25)26/h7-10,12-14H,5-6,11H2,1-4H3,(H,22,23)(H2,19,20,27)/t12-,13-,30?/m0/s1. The second-order valence-corrected chi connectivity index (χ2v) is 8.55. The number of nitrogens with one attached hydrogen (secondary N) is 2. The van der Waals surface area contributed by atoms with Gasteiger partial charge in [-0.3, -0.25) is 19.7 Å². The zero-order valence-corrected chi connectivity index (χ0v) is 18.3. The molecule has 0 bridgehead atoms. The summed E-state index contributed by atoms with van der Waals surface area (Å²) >= 11 is 0. The van der Waals surface area contributed by atoms with Crippen molar-refractivity contribution in [2.45, 2.75) is 52.6 Å². The smallest absolute Gasteiger partial charge is 0.391 e. The molecular weight excluding hydrogens is 417 g/mol. The lowest BCUT2D eigenvalue weighted by molar-refractivity contribution is -0.384. The highest BCUT2D eigenvalue weighted by Crippen LogP contribution is 2.40. The predicted octanol–water partition coefficient (Wildman–Crippen LogP) is 3.10. The number of benzene rings is 1. The summed E-state index contributed by atoms with van der Waals surface area (Å²) in [5.41, 5.74) is -0.199. The predicted molar refractivity (Wildman–Crippen MR) is 109 cm³/mol. The lowest BCUT2D eigenvalue weighted by Gasteiger charge is -2.25. The molecule has 0 saturated carbocycles. The van der Waals surface area contributed by atoms with Crippen LogP contribution in [-0.2, 0) is 18.9 Å². The fourth-order valence-corrected chi connectivity index (χ4v) is 4.17. The summed E-state index contributed by atoms with van der Waals surface area (Å²) in [5, 5.41) is 24.7. The Balaban J connectivity index is 2.95. The summed E-state index contributed by atoms with van der Waals surface area (Å²) in [4.78, 5) is 33.6. The molecule has 3 atom stereocenters. The third kappa shape index (κ3) is 8.10. The molecule has 0 aliphatic rings. The van der Waals surface area contributed by atoms with Gasteiger partial charge < -0.3 is 14.4 Å². The van der Waals surface area contributed by atoms with Gasteiger partial charge in [0.2, 0.25) is 0 Å². The number of carbonyl (C=O) groups excluding carboxylic acids is 1. The molecule has 0 aliphatic carbocycles. The number of carboxylic acids is 1. The molecule has 0 saturated heterocycles. The zero-order valence-electron chi connectivity index (χ0n) is 17.4. The van der Waals surface area contributed by atoms with Crippen LogP contribution in [0, 0.1) is 16.0 Å². The Morgan fingerprint density at radius 2 is 1.67 bits per heavy atom. The molecule has 3 N–H and O–H groups in total. The van der Waals surface area contributed by atoms with E-state index < -0.39 is 36.6 Å². The van der Waals surface area contributed by atoms with Crippen molar-refractivity contribution >= 4 is 25.3 Å². The highest BCUT2D eigenvalue weighted by Gasteiger charge is 2.34. The number of rotatable bonds is 13. The van der Waals surface area contributed by atoms with Gasteiger partial charge in [0.1, 0.15) is 17.8 Å². The Morgan fingerprint density at radius 1 is 1.13 bits per heavy atom. The lowest BCUT2D eigenvalue weighted by atomic mass is 10.1. The first kappa shape index (κ1) is 25.5. The van der Waals surface area contributed by atoms with Gasteiger partial charge in [0.25, 0.3) is 5.69 Å². The molecule has 12 heteroatoms. The molecule has 0 heterocycles. The SMILES string of the molecule is CCC(CC)COC(=O)[C@H](C)NP(=O)(N[C@@H](C)C(=O)O)Oc1ccc([N+](=O)[O-])cc1. The van der Waals surface area contributed by atoms with Gasteiger partial charge in [-0.25, -0.2) is 14.7 Å². The average molecular weight is 445 g/mol. The topological polar surface area (TPSA) is 157 Å². The summed E-state index contributed by atoms with van der Waals surface area (Å²) in [6, 6.07) is 2.39. The van der Waals surface area contributed by atoms with Crippen molar-refractivity contribution in [1.82, 2.24) is 10.2 Å². The third-order valence-corrected chi connectivity index (χ3v) is 6.27. The second kappa shape index (κ2) is 11.6. The van der Waals surface area contributed by atoms with Crippen molar-refractivity contribution in [3.8, 4) is 5.75 Å². The molecule has 0 radical (unpaired) electrons. The van der Waals surface area contributed by atoms with Crippen molar-refractivity contribution < 1.29 is 33.4 Å². The molecule has 1 aromatic carbocycles. The van der Waals surface area contributed by atoms with Gasteiger partial charge in [0, 0.05) is 12.1 Å². The minimum atomic E-state index is -4.11. The van der Waals surface area contributed by atoms with Crippen LogP contribution >= 0.6 is 7.67 Å². The Morgan fingerprint density at radius 3 is 2.13 bits per heavy atom. The summed E-state index contributed by atoms with van der Waals surface area (Å²) in [7, 11) is -4.11. The summed E-state index contributed by atoms with van der Waals surface area (Å²) in [6.07, 6.45) is 1.68. The van der Waals surface area contributed by atoms with Crippen LogP contribution in [-0.4, -0.2) is 40.7 Å². The second-order valence-electron chi connectivity index (χ2n) is 6.75. The Kier molecular flexibility index (Phi) is 9.91. The summed E-state index contributed by atoms with van der Waals surface area (Å²) in [5.74, 6) is -1.76. The fourth-order valence-electron chi connectivity index (χ4n) is 2.33. The fraction of sp³-hybridized carbons (Fsp3) is 0.556. The van der Waals surface area contributed by atoms with Gasteiger partial charge >= 0.3 is 19.6 Å². The Labute approximate surface area is 174 Å². The molecule has 1 rings (SSSR count). The molecule has 1 unspecified atom stereocenters. The third-order valence-electron chi connectivity index (χ3n) is 4.35. The lowest BCUT2D eigenvalue weighted by Crippen LogP contribution is -2.42. The van der Waals surface area contributed by atoms with Crippen LogP contribution in [0.1, 0.15) is 40.5 Å². The molecule has 168 valence electrons. The largest absolute Gasteiger partial charge is 0.480 e. The monoisotopic (exact) mass is 445 g/mol. The van der Waals surface area contributed by atoms with E-state index in [4.69, 9.17) is 14.4 Å². The number of ether oxygens (including phenoxy) is 1. The number of esters is 1. The minimum Gasteiger partial charge on any atom is -0.480 e. The molecule has 0 spiro atoms. The molecule has 1 aromatic rings. The number of nitro benzene ring substituents is 1. The summed E-state index contributed by atoms with van der Waals surface area (Å²) < 4.78 is 23.9. The van der Waals surface area contributed by atoms with Crippen LogP contribution in [0.5, 0.6) is 5.75 Å². The van der Waals surface area contributed by atoms with Crippen molar-refractivity contribution in [3.05, 3.63) is 34.4 Å². The average Bonchev–Trinajstić information content (AvgIpc) is 2.68. The molecule has 0 fully saturated rings. The van der Waals surface area contributed by atoms with Gasteiger partial charge in [-0.1, -0.05) is 26.7 Å². The number of hydrogen-bond acceptors (Lipinski definition) is 7. The highest BCUT2D eigenvalue weighted by molar-refractivity contribution is 7.55. The van der Waals surface area contributed by atoms with Gasteiger partial charge in [0.15, 0.2) is 0 Å². The first-order valence-electron chi connectivity index (χ1n) is 9.50. The van der Waals surface area contributed by atoms with Crippen LogP contribution in [0.3, 0.4) is 0 Å². The molecule has 0 aliphatic heterocycles. The van der Waals surface area contributed by atoms with E-state index in [0.29, 0.717) is 0 Å². The van der Waals surface area contributed by atoms with E-state index in [1.54, 1.807) is 0 Å². The maximum absolute atomic E-state index is 13.2. The number of nitrogens with zero attached hydrogens (tertiary/aromatic N) is 1. The highest BCUT2D eigenvalue weighted by atomic mass is 31.2. The molecule has 30 heavy (non-hydrogen) atoms. The van der Waals surface area contributed by atoms with Crippen LogP contribution < -0.4 is 14.7 Å². The van der Waals surface area contributed by atoms with E-state index in [1.807, 2.05) is 13.8 Å². The maximum Gasteiger partial charge on any atom is 0.391 e. The van der Waals surface area contributed by atoms with Gasteiger partial charge in [0.05, 0.1) is 11.5 Å². The zero-order chi connectivity index (χ0) is 22.9. The van der Waals surface area contributed by atoms with E-state index in [1.165, 1.54) is 26.0 Å². The first-order chi connectivity index (χ1) is 14.0. The molecule has 0 aromatic heterocycles. The number of nitro groups is 1. The van der Waals surface area contributed by atoms with Crippen molar-refractivity contribution in [2.75, 3.05) is 6.61 Å². The Bertz CT molecular complexity index is 782. The number of hydrogen-bond donors (Lipinski definition) is 3. The maximum atomic E-state index is 13.2. The minimum absolute atomic E-state index is 0.0147. The van der Waals surface area contributed by atoms with E-state index >= 15 is 0 Å². The quantitative estimate of drug-likeness (QED) is 0.178. The van der Waals surface area contributed by atoms with Gasteiger partial charge in [-0.05, 0) is 31.9 Å². The molecule has 11 nitrogen and oxygen atoms in total. The van der Waals surface area contributed by atoms with Crippen molar-refractivity contribution in [3.63, 3.8) is 0 Å². The van der Waals surface area contributed by atoms with E-state index in [-0.39, 0.29) is 24.0 Å². The van der Waals surface area contributed by atoms with E-state index in [2.05, 4.69) is 10.2 Å². The number of aliphatic carboxylic acids is 1.